The Morgan fingerprint density at radius 2 is 2.05 bits per heavy atom. The third-order valence-corrected chi connectivity index (χ3v) is 4.95. The van der Waals surface area contributed by atoms with Crippen molar-refractivity contribution in [3.63, 3.8) is 0 Å². The smallest absolute Gasteiger partial charge is 0.0829 e. The Bertz CT molecular complexity index is 285. The summed E-state index contributed by atoms with van der Waals surface area (Å²) >= 11 is 0. The molecular weight excluding hydrogens is 250 g/mol. The third kappa shape index (κ3) is 4.17. The van der Waals surface area contributed by atoms with Crippen LogP contribution in [-0.2, 0) is 4.74 Å². The lowest BCUT2D eigenvalue weighted by Gasteiger charge is -2.44. The molecule has 4 nitrogen and oxygen atoms in total. The summed E-state index contributed by atoms with van der Waals surface area (Å²) in [6, 6.07) is 1.30. The molecule has 0 spiro atoms. The maximum Gasteiger partial charge on any atom is 0.0829 e. The number of hydrogen-bond acceptors (Lipinski definition) is 4. The molecule has 0 aromatic heterocycles. The molecule has 0 aromatic rings. The highest BCUT2D eigenvalue weighted by Gasteiger charge is 2.31. The predicted octanol–water partition coefficient (Wildman–Crippen LogP) is 1.42. The number of morpholine rings is 1. The number of hydrogen-bond donors (Lipinski definition) is 1. The molecule has 1 N–H and O–H groups in total. The minimum absolute atomic E-state index is 0.392. The van der Waals surface area contributed by atoms with E-state index >= 15 is 0 Å². The first-order valence-electron chi connectivity index (χ1n) is 8.45. The molecule has 4 heteroatoms. The second-order valence-corrected chi connectivity index (χ2v) is 6.66. The average Bonchev–Trinajstić information content (AvgIpc) is 2.47. The van der Waals surface area contributed by atoms with Gasteiger partial charge in [0.15, 0.2) is 0 Å². The second-order valence-electron chi connectivity index (χ2n) is 6.66. The molecule has 0 bridgehead atoms. The summed E-state index contributed by atoms with van der Waals surface area (Å²) in [6.45, 7) is 16.8. The molecule has 2 heterocycles. The zero-order valence-electron chi connectivity index (χ0n) is 13.8. The van der Waals surface area contributed by atoms with Crippen LogP contribution in [0.4, 0.5) is 0 Å². The van der Waals surface area contributed by atoms with Crippen molar-refractivity contribution >= 4 is 0 Å². The standard InChI is InChI=1S/C16H33N3O/c1-5-14-9-17-16(13(3)4)12-19(14)11-15-10-18(6-2)7-8-20-15/h13-17H,5-12H2,1-4H3. The van der Waals surface area contributed by atoms with Crippen molar-refractivity contribution in [1.82, 2.24) is 15.1 Å². The molecule has 2 rings (SSSR count). The van der Waals surface area contributed by atoms with Gasteiger partial charge in [0.2, 0.25) is 0 Å². The highest BCUT2D eigenvalue weighted by molar-refractivity contribution is 4.89. The van der Waals surface area contributed by atoms with E-state index in [1.807, 2.05) is 0 Å². The molecule has 2 aliphatic rings. The number of likely N-dealkylation sites (N-methyl/N-ethyl adjacent to an activating group) is 1. The van der Waals surface area contributed by atoms with Gasteiger partial charge in [-0.05, 0) is 18.9 Å². The second kappa shape index (κ2) is 7.74. The Morgan fingerprint density at radius 3 is 2.70 bits per heavy atom. The number of piperazine rings is 1. The first-order valence-corrected chi connectivity index (χ1v) is 8.45. The normalized spacial score (nSPS) is 33.8. The van der Waals surface area contributed by atoms with Crippen LogP contribution in [0.25, 0.3) is 0 Å². The van der Waals surface area contributed by atoms with Crippen LogP contribution in [0.5, 0.6) is 0 Å². The van der Waals surface area contributed by atoms with Crippen LogP contribution in [0.3, 0.4) is 0 Å². The van der Waals surface area contributed by atoms with E-state index in [1.54, 1.807) is 0 Å². The van der Waals surface area contributed by atoms with Crippen LogP contribution in [0, 0.1) is 5.92 Å². The van der Waals surface area contributed by atoms with Crippen molar-refractivity contribution in [2.24, 2.45) is 5.92 Å². The Morgan fingerprint density at radius 1 is 1.25 bits per heavy atom. The quantitative estimate of drug-likeness (QED) is 0.826. The van der Waals surface area contributed by atoms with Gasteiger partial charge in [-0.1, -0.05) is 27.7 Å². The molecular formula is C16H33N3O. The minimum atomic E-state index is 0.392. The molecule has 2 saturated heterocycles. The van der Waals surface area contributed by atoms with Gasteiger partial charge in [-0.15, -0.1) is 0 Å². The van der Waals surface area contributed by atoms with Crippen molar-refractivity contribution in [1.29, 1.82) is 0 Å². The molecule has 0 aliphatic carbocycles. The molecule has 2 fully saturated rings. The first kappa shape index (κ1) is 16.2. The molecule has 3 atom stereocenters. The van der Waals surface area contributed by atoms with E-state index in [-0.39, 0.29) is 0 Å². The van der Waals surface area contributed by atoms with E-state index in [0.717, 1.165) is 39.3 Å². The fourth-order valence-corrected chi connectivity index (χ4v) is 3.40. The van der Waals surface area contributed by atoms with Crippen molar-refractivity contribution in [2.75, 3.05) is 45.9 Å². The Hall–Kier alpha value is -0.160. The fourth-order valence-electron chi connectivity index (χ4n) is 3.40. The van der Waals surface area contributed by atoms with Gasteiger partial charge in [-0.25, -0.2) is 0 Å². The van der Waals surface area contributed by atoms with E-state index in [0.29, 0.717) is 24.1 Å². The molecule has 0 radical (unpaired) electrons. The van der Waals surface area contributed by atoms with Crippen LogP contribution in [0.2, 0.25) is 0 Å². The topological polar surface area (TPSA) is 27.7 Å². The zero-order chi connectivity index (χ0) is 14.5. The summed E-state index contributed by atoms with van der Waals surface area (Å²) in [5.74, 6) is 0.703. The fraction of sp³-hybridized carbons (Fsp3) is 1.00. The third-order valence-electron chi connectivity index (χ3n) is 4.95. The Balaban J connectivity index is 1.90. The summed E-state index contributed by atoms with van der Waals surface area (Å²) in [5, 5.41) is 3.71. The van der Waals surface area contributed by atoms with Crippen molar-refractivity contribution < 1.29 is 4.74 Å². The highest BCUT2D eigenvalue weighted by atomic mass is 16.5. The van der Waals surface area contributed by atoms with Gasteiger partial charge in [0.05, 0.1) is 12.7 Å². The first-order chi connectivity index (χ1) is 9.63. The zero-order valence-corrected chi connectivity index (χ0v) is 13.8. The molecule has 3 unspecified atom stereocenters. The van der Waals surface area contributed by atoms with Crippen LogP contribution >= 0.6 is 0 Å². The Kier molecular flexibility index (Phi) is 6.27. The summed E-state index contributed by atoms with van der Waals surface area (Å²) in [7, 11) is 0. The molecule has 118 valence electrons. The van der Waals surface area contributed by atoms with Gasteiger partial charge < -0.3 is 10.1 Å². The van der Waals surface area contributed by atoms with E-state index in [2.05, 4.69) is 42.8 Å². The molecule has 2 aliphatic heterocycles. The van der Waals surface area contributed by atoms with Crippen LogP contribution in [0.1, 0.15) is 34.1 Å². The van der Waals surface area contributed by atoms with Crippen LogP contribution < -0.4 is 5.32 Å². The van der Waals surface area contributed by atoms with Crippen molar-refractivity contribution in [3.8, 4) is 0 Å². The maximum absolute atomic E-state index is 6.00. The van der Waals surface area contributed by atoms with Gasteiger partial charge in [0.1, 0.15) is 0 Å². The maximum atomic E-state index is 6.00. The van der Waals surface area contributed by atoms with Gasteiger partial charge >= 0.3 is 0 Å². The monoisotopic (exact) mass is 283 g/mol. The number of rotatable bonds is 5. The van der Waals surface area contributed by atoms with Gasteiger partial charge in [-0.2, -0.15) is 0 Å². The molecule has 20 heavy (non-hydrogen) atoms. The van der Waals surface area contributed by atoms with E-state index in [4.69, 9.17) is 4.74 Å². The molecule has 0 saturated carbocycles. The lowest BCUT2D eigenvalue weighted by atomic mass is 9.98. The minimum Gasteiger partial charge on any atom is -0.374 e. The van der Waals surface area contributed by atoms with Crippen LogP contribution in [-0.4, -0.2) is 73.9 Å². The predicted molar refractivity (Wildman–Crippen MR) is 84.1 cm³/mol. The van der Waals surface area contributed by atoms with Gasteiger partial charge in [-0.3, -0.25) is 9.80 Å². The van der Waals surface area contributed by atoms with Crippen LogP contribution in [0.15, 0.2) is 0 Å². The summed E-state index contributed by atoms with van der Waals surface area (Å²) in [4.78, 5) is 5.18. The van der Waals surface area contributed by atoms with E-state index in [1.165, 1.54) is 13.0 Å². The lowest BCUT2D eigenvalue weighted by molar-refractivity contribution is -0.0533. The highest BCUT2D eigenvalue weighted by Crippen LogP contribution is 2.17. The number of ether oxygens (including phenoxy) is 1. The largest absolute Gasteiger partial charge is 0.374 e. The van der Waals surface area contributed by atoms with Gasteiger partial charge in [0.25, 0.3) is 0 Å². The summed E-state index contributed by atoms with van der Waals surface area (Å²) in [5.41, 5.74) is 0. The van der Waals surface area contributed by atoms with Crippen molar-refractivity contribution in [3.05, 3.63) is 0 Å². The lowest BCUT2D eigenvalue weighted by Crippen LogP contribution is -2.60. The SMILES string of the molecule is CCC1CNC(C(C)C)CN1CC1CN(CC)CCO1. The number of nitrogens with zero attached hydrogens (tertiary/aromatic N) is 2. The van der Waals surface area contributed by atoms with E-state index < -0.39 is 0 Å². The number of nitrogens with one attached hydrogen (secondary N) is 1. The van der Waals surface area contributed by atoms with Gasteiger partial charge in [0, 0.05) is 44.8 Å². The molecule has 0 aromatic carbocycles. The van der Waals surface area contributed by atoms with Crippen molar-refractivity contribution in [2.45, 2.75) is 52.3 Å². The molecule has 0 amide bonds. The Labute approximate surface area is 124 Å². The average molecular weight is 283 g/mol. The van der Waals surface area contributed by atoms with E-state index in [9.17, 15) is 0 Å². The summed E-state index contributed by atoms with van der Waals surface area (Å²) in [6.07, 6.45) is 1.62. The summed E-state index contributed by atoms with van der Waals surface area (Å²) < 4.78 is 6.00.